The van der Waals surface area contributed by atoms with Crippen LogP contribution in [-0.2, 0) is 46.5 Å². The van der Waals surface area contributed by atoms with Crippen molar-refractivity contribution in [3.8, 4) is 0 Å². The fourth-order valence-corrected chi connectivity index (χ4v) is 6.90. The van der Waals surface area contributed by atoms with Gasteiger partial charge in [0.15, 0.2) is 0 Å². The van der Waals surface area contributed by atoms with Gasteiger partial charge in [-0.15, -0.1) is 0 Å². The van der Waals surface area contributed by atoms with Crippen LogP contribution in [0.4, 0.5) is 0 Å². The molecule has 0 saturated carbocycles. The highest BCUT2D eigenvalue weighted by Crippen LogP contribution is 2.16. The zero-order valence-corrected chi connectivity index (χ0v) is 35.9. The van der Waals surface area contributed by atoms with Crippen molar-refractivity contribution in [1.29, 1.82) is 0 Å². The SMILES string of the molecule is CCCCCCCCCCCCCCCC(CC(=O)N[C@@H](Cc1ccccc1)C(=O)OCc1ccccc1)OC(=O)CNC(=O)CNC(=O)CCCCCCCCC. The summed E-state index contributed by atoms with van der Waals surface area (Å²) >= 11 is 0. The first-order valence-electron chi connectivity index (χ1n) is 22.6. The summed E-state index contributed by atoms with van der Waals surface area (Å²) in [5.41, 5.74) is 1.70. The minimum absolute atomic E-state index is 0.0781. The highest BCUT2D eigenvalue weighted by atomic mass is 16.5. The van der Waals surface area contributed by atoms with Crippen molar-refractivity contribution in [3.63, 3.8) is 0 Å². The van der Waals surface area contributed by atoms with Crippen molar-refractivity contribution < 1.29 is 33.4 Å². The van der Waals surface area contributed by atoms with Crippen LogP contribution >= 0.6 is 0 Å². The van der Waals surface area contributed by atoms with Gasteiger partial charge < -0.3 is 25.4 Å². The zero-order chi connectivity index (χ0) is 41.9. The van der Waals surface area contributed by atoms with Crippen LogP contribution in [0.15, 0.2) is 60.7 Å². The molecule has 0 fully saturated rings. The van der Waals surface area contributed by atoms with Gasteiger partial charge >= 0.3 is 11.9 Å². The van der Waals surface area contributed by atoms with Crippen LogP contribution in [-0.4, -0.2) is 54.9 Å². The first-order valence-corrected chi connectivity index (χ1v) is 22.6. The summed E-state index contributed by atoms with van der Waals surface area (Å²) in [6.07, 6.45) is 23.5. The number of nitrogens with one attached hydrogen (secondary N) is 3. The van der Waals surface area contributed by atoms with Crippen molar-refractivity contribution in [2.24, 2.45) is 0 Å². The summed E-state index contributed by atoms with van der Waals surface area (Å²) in [7, 11) is 0. The lowest BCUT2D eigenvalue weighted by atomic mass is 10.0. The Bertz CT molecular complexity index is 1390. The molecule has 0 saturated heterocycles. The molecule has 0 spiro atoms. The monoisotopic (exact) mass is 806 g/mol. The van der Waals surface area contributed by atoms with E-state index in [-0.39, 0.29) is 38.4 Å². The first-order chi connectivity index (χ1) is 28.3. The Hall–Kier alpha value is -4.21. The van der Waals surface area contributed by atoms with E-state index in [1.807, 2.05) is 60.7 Å². The molecule has 10 heteroatoms. The van der Waals surface area contributed by atoms with E-state index in [0.29, 0.717) is 12.8 Å². The normalized spacial score (nSPS) is 12.0. The van der Waals surface area contributed by atoms with Crippen molar-refractivity contribution >= 4 is 29.7 Å². The summed E-state index contributed by atoms with van der Waals surface area (Å²) in [4.78, 5) is 64.4. The smallest absolute Gasteiger partial charge is 0.329 e. The largest absolute Gasteiger partial charge is 0.461 e. The maximum absolute atomic E-state index is 13.5. The number of hydrogen-bond acceptors (Lipinski definition) is 7. The lowest BCUT2D eigenvalue weighted by Gasteiger charge is -2.21. The molecule has 2 aromatic carbocycles. The molecule has 10 nitrogen and oxygen atoms in total. The molecule has 0 aliphatic rings. The predicted octanol–water partition coefficient (Wildman–Crippen LogP) is 9.61. The Labute approximate surface area is 349 Å². The minimum Gasteiger partial charge on any atom is -0.461 e. The Kier molecular flexibility index (Phi) is 29.0. The van der Waals surface area contributed by atoms with E-state index in [1.165, 1.54) is 83.5 Å². The van der Waals surface area contributed by atoms with Gasteiger partial charge in [0, 0.05) is 12.8 Å². The van der Waals surface area contributed by atoms with Gasteiger partial charge in [-0.2, -0.15) is 0 Å². The van der Waals surface area contributed by atoms with Crippen LogP contribution in [0.2, 0.25) is 0 Å². The topological polar surface area (TPSA) is 140 Å². The molecule has 0 aliphatic heterocycles. The van der Waals surface area contributed by atoms with E-state index in [9.17, 15) is 24.0 Å². The number of carbonyl (C=O) groups excluding carboxylic acids is 5. The van der Waals surface area contributed by atoms with Gasteiger partial charge in [-0.3, -0.25) is 19.2 Å². The summed E-state index contributed by atoms with van der Waals surface area (Å²) in [6, 6.07) is 17.8. The van der Waals surface area contributed by atoms with E-state index in [1.54, 1.807) is 0 Å². The van der Waals surface area contributed by atoms with Crippen molar-refractivity contribution in [2.45, 2.75) is 187 Å². The average molecular weight is 806 g/mol. The number of carbonyl (C=O) groups is 5. The van der Waals surface area contributed by atoms with Gasteiger partial charge in [-0.1, -0.05) is 190 Å². The van der Waals surface area contributed by atoms with Crippen molar-refractivity contribution in [2.75, 3.05) is 13.1 Å². The zero-order valence-electron chi connectivity index (χ0n) is 35.9. The number of esters is 2. The van der Waals surface area contributed by atoms with E-state index in [4.69, 9.17) is 9.47 Å². The Morgan fingerprint density at radius 2 is 1.02 bits per heavy atom. The molecule has 324 valence electrons. The molecular formula is C48H75N3O7. The van der Waals surface area contributed by atoms with Crippen LogP contribution < -0.4 is 16.0 Å². The molecule has 0 heterocycles. The van der Waals surface area contributed by atoms with Crippen LogP contribution in [0.5, 0.6) is 0 Å². The third kappa shape index (κ3) is 26.7. The van der Waals surface area contributed by atoms with Crippen LogP contribution in [0.3, 0.4) is 0 Å². The quantitative estimate of drug-likeness (QED) is 0.0466. The van der Waals surface area contributed by atoms with Crippen LogP contribution in [0.25, 0.3) is 0 Å². The molecule has 0 radical (unpaired) electrons. The number of ether oxygens (including phenoxy) is 2. The lowest BCUT2D eigenvalue weighted by Crippen LogP contribution is -2.45. The van der Waals surface area contributed by atoms with Gasteiger partial charge in [-0.05, 0) is 30.4 Å². The standard InChI is InChI=1S/C48H75N3O7/c1-3-5-7-9-11-12-13-14-15-16-18-19-27-33-42(58-47(55)38-50-46(54)37-49-44(52)34-28-20-17-10-8-6-4-2)36-45(53)51-43(35-40-29-23-21-24-30-40)48(56)57-39-41-31-25-22-26-32-41/h21-26,29-32,42-43H,3-20,27-28,33-39H2,1-2H3,(H,49,52)(H,50,54)(H,51,53)/t42?,43-/m0/s1. The second kappa shape index (κ2) is 33.7. The van der Waals surface area contributed by atoms with E-state index in [0.717, 1.165) is 56.1 Å². The molecule has 2 rings (SSSR count). The van der Waals surface area contributed by atoms with Crippen LogP contribution in [0.1, 0.15) is 173 Å². The Balaban J connectivity index is 1.88. The van der Waals surface area contributed by atoms with E-state index >= 15 is 0 Å². The summed E-state index contributed by atoms with van der Waals surface area (Å²) in [6.45, 7) is 3.90. The molecular weight excluding hydrogens is 731 g/mol. The molecule has 2 atom stereocenters. The molecule has 0 aliphatic carbocycles. The molecule has 2 aromatic rings. The van der Waals surface area contributed by atoms with Crippen molar-refractivity contribution in [1.82, 2.24) is 16.0 Å². The van der Waals surface area contributed by atoms with Crippen molar-refractivity contribution in [3.05, 3.63) is 71.8 Å². The lowest BCUT2D eigenvalue weighted by molar-refractivity contribution is -0.152. The summed E-state index contributed by atoms with van der Waals surface area (Å²) in [5.74, 6) is -2.34. The predicted molar refractivity (Wildman–Crippen MR) is 232 cm³/mol. The van der Waals surface area contributed by atoms with E-state index in [2.05, 4.69) is 29.8 Å². The summed E-state index contributed by atoms with van der Waals surface area (Å²) < 4.78 is 11.4. The van der Waals surface area contributed by atoms with Gasteiger partial charge in [0.05, 0.1) is 13.0 Å². The third-order valence-electron chi connectivity index (χ3n) is 10.4. The second-order valence-corrected chi connectivity index (χ2v) is 15.7. The molecule has 3 amide bonds. The number of benzene rings is 2. The van der Waals surface area contributed by atoms with E-state index < -0.39 is 35.9 Å². The fourth-order valence-electron chi connectivity index (χ4n) is 6.90. The van der Waals surface area contributed by atoms with Crippen LogP contribution in [0, 0.1) is 0 Å². The number of amides is 3. The average Bonchev–Trinajstić information content (AvgIpc) is 3.23. The molecule has 3 N–H and O–H groups in total. The highest BCUT2D eigenvalue weighted by Gasteiger charge is 2.26. The highest BCUT2D eigenvalue weighted by molar-refractivity contribution is 5.87. The maximum Gasteiger partial charge on any atom is 0.329 e. The second-order valence-electron chi connectivity index (χ2n) is 15.7. The van der Waals surface area contributed by atoms with Gasteiger partial charge in [0.2, 0.25) is 17.7 Å². The molecule has 0 aromatic heterocycles. The van der Waals surface area contributed by atoms with Gasteiger partial charge in [0.1, 0.15) is 25.3 Å². The number of hydrogen-bond donors (Lipinski definition) is 3. The minimum atomic E-state index is -0.938. The van der Waals surface area contributed by atoms with Gasteiger partial charge in [-0.25, -0.2) is 4.79 Å². The molecule has 1 unspecified atom stereocenters. The molecule has 0 bridgehead atoms. The fraction of sp³-hybridized carbons (Fsp3) is 0.646. The number of rotatable bonds is 35. The first kappa shape index (κ1) is 49.9. The molecule has 58 heavy (non-hydrogen) atoms. The van der Waals surface area contributed by atoms with Gasteiger partial charge in [0.25, 0.3) is 0 Å². The maximum atomic E-state index is 13.5. The number of unbranched alkanes of at least 4 members (excludes halogenated alkanes) is 18. The third-order valence-corrected chi connectivity index (χ3v) is 10.4. The summed E-state index contributed by atoms with van der Waals surface area (Å²) in [5, 5.41) is 7.99. The Morgan fingerprint density at radius 1 is 0.534 bits per heavy atom. The Morgan fingerprint density at radius 3 is 1.57 bits per heavy atom.